The Kier molecular flexibility index (Phi) is 6.45. The van der Waals surface area contributed by atoms with Crippen LogP contribution < -0.4 is 5.32 Å². The molecule has 158 valence electrons. The van der Waals surface area contributed by atoms with Gasteiger partial charge in [0.25, 0.3) is 0 Å². The quantitative estimate of drug-likeness (QED) is 0.786. The Bertz CT molecular complexity index is 861. The summed E-state index contributed by atoms with van der Waals surface area (Å²) in [4.78, 5) is 30.1. The van der Waals surface area contributed by atoms with Gasteiger partial charge in [0, 0.05) is 32.1 Å². The maximum atomic E-state index is 12.3. The maximum Gasteiger partial charge on any atom is 0.410 e. The molecule has 2 aromatic rings. The number of amides is 1. The van der Waals surface area contributed by atoms with Gasteiger partial charge in [0.05, 0.1) is 11.0 Å². The number of aromatic nitrogens is 2. The van der Waals surface area contributed by atoms with E-state index in [0.29, 0.717) is 19.5 Å². The molecule has 1 aliphatic rings. The number of fused-ring (bicyclic) bond motifs is 1. The van der Waals surface area contributed by atoms with Crippen molar-refractivity contribution in [3.63, 3.8) is 0 Å². The lowest BCUT2D eigenvalue weighted by Crippen LogP contribution is -2.44. The van der Waals surface area contributed by atoms with Crippen LogP contribution >= 0.6 is 0 Å². The van der Waals surface area contributed by atoms with Crippen molar-refractivity contribution in [2.24, 2.45) is 0 Å². The number of imidazole rings is 1. The molecule has 0 radical (unpaired) electrons. The zero-order chi connectivity index (χ0) is 21.0. The van der Waals surface area contributed by atoms with Crippen LogP contribution in [0.4, 0.5) is 10.7 Å². The fraction of sp³-hybridized carbons (Fsp3) is 0.591. The van der Waals surface area contributed by atoms with E-state index in [1.54, 1.807) is 11.8 Å². The zero-order valence-corrected chi connectivity index (χ0v) is 17.9. The number of likely N-dealkylation sites (tertiary alicyclic amines) is 1. The first-order valence-electron chi connectivity index (χ1n) is 10.4. The number of ether oxygens (including phenoxy) is 1. The molecule has 7 heteroatoms. The number of para-hydroxylation sites is 2. The van der Waals surface area contributed by atoms with Gasteiger partial charge >= 0.3 is 6.09 Å². The van der Waals surface area contributed by atoms with Crippen molar-refractivity contribution in [3.05, 3.63) is 24.3 Å². The summed E-state index contributed by atoms with van der Waals surface area (Å²) in [5.74, 6) is 1.05. The molecule has 0 saturated carbocycles. The molecule has 1 aromatic carbocycles. The average molecular weight is 401 g/mol. The molecule has 1 amide bonds. The first-order chi connectivity index (χ1) is 13.7. The SMILES string of the molecule is CC(=O)CCCn1c(NC2CCN(C(=O)OC(C)(C)C)CC2)nc2ccccc21. The van der Waals surface area contributed by atoms with E-state index < -0.39 is 5.60 Å². The second-order valence-corrected chi connectivity index (χ2v) is 8.77. The molecular weight excluding hydrogens is 368 g/mol. The van der Waals surface area contributed by atoms with Gasteiger partial charge in [-0.25, -0.2) is 9.78 Å². The summed E-state index contributed by atoms with van der Waals surface area (Å²) in [7, 11) is 0. The number of anilines is 1. The number of carbonyl (C=O) groups excluding carboxylic acids is 2. The van der Waals surface area contributed by atoms with Crippen molar-refractivity contribution in [3.8, 4) is 0 Å². The molecule has 1 N–H and O–H groups in total. The largest absolute Gasteiger partial charge is 0.444 e. The van der Waals surface area contributed by atoms with Gasteiger partial charge in [-0.3, -0.25) is 0 Å². The third-order valence-corrected chi connectivity index (χ3v) is 5.04. The number of Topliss-reactive ketones (excluding diaryl/α,β-unsaturated/α-hetero) is 1. The second-order valence-electron chi connectivity index (χ2n) is 8.77. The normalized spacial score (nSPS) is 15.5. The van der Waals surface area contributed by atoms with Gasteiger partial charge in [-0.15, -0.1) is 0 Å². The molecule has 29 heavy (non-hydrogen) atoms. The number of nitrogens with zero attached hydrogens (tertiary/aromatic N) is 3. The van der Waals surface area contributed by atoms with Gasteiger partial charge in [0.15, 0.2) is 0 Å². The van der Waals surface area contributed by atoms with Crippen LogP contribution in [0.1, 0.15) is 53.4 Å². The highest BCUT2D eigenvalue weighted by molar-refractivity contribution is 5.79. The summed E-state index contributed by atoms with van der Waals surface area (Å²) < 4.78 is 7.64. The molecule has 0 unspecified atom stereocenters. The fourth-order valence-corrected chi connectivity index (χ4v) is 3.61. The number of piperidine rings is 1. The minimum absolute atomic E-state index is 0.207. The van der Waals surface area contributed by atoms with Gasteiger partial charge in [0.1, 0.15) is 11.4 Å². The van der Waals surface area contributed by atoms with Crippen LogP contribution in [-0.4, -0.2) is 51.1 Å². The Hall–Kier alpha value is -2.57. The summed E-state index contributed by atoms with van der Waals surface area (Å²) >= 11 is 0. The lowest BCUT2D eigenvalue weighted by atomic mass is 10.1. The maximum absolute atomic E-state index is 12.3. The first kappa shape index (κ1) is 21.1. The number of hydrogen-bond acceptors (Lipinski definition) is 5. The highest BCUT2D eigenvalue weighted by atomic mass is 16.6. The molecule has 1 aliphatic heterocycles. The lowest BCUT2D eigenvalue weighted by Gasteiger charge is -2.34. The molecule has 0 atom stereocenters. The minimum atomic E-state index is -0.475. The Labute approximate surface area is 172 Å². The Morgan fingerprint density at radius 3 is 2.55 bits per heavy atom. The molecule has 0 spiro atoms. The molecule has 1 saturated heterocycles. The van der Waals surface area contributed by atoms with E-state index in [-0.39, 0.29) is 17.9 Å². The van der Waals surface area contributed by atoms with Gasteiger partial charge in [-0.2, -0.15) is 0 Å². The monoisotopic (exact) mass is 400 g/mol. The Balaban J connectivity index is 1.64. The van der Waals surface area contributed by atoms with Gasteiger partial charge in [0.2, 0.25) is 5.95 Å². The lowest BCUT2D eigenvalue weighted by molar-refractivity contribution is -0.117. The van der Waals surface area contributed by atoms with Crippen molar-refractivity contribution in [2.45, 2.75) is 71.6 Å². The number of ketones is 1. The highest BCUT2D eigenvalue weighted by Gasteiger charge is 2.27. The third-order valence-electron chi connectivity index (χ3n) is 5.04. The smallest absolute Gasteiger partial charge is 0.410 e. The standard InChI is InChI=1S/C22H32N4O3/c1-16(27)8-7-13-26-19-10-6-5-9-18(19)24-20(26)23-17-11-14-25(15-12-17)21(28)29-22(2,3)4/h5-6,9-10,17H,7-8,11-15H2,1-4H3,(H,23,24). The van der Waals surface area contributed by atoms with Crippen LogP contribution in [0.3, 0.4) is 0 Å². The van der Waals surface area contributed by atoms with E-state index in [1.807, 2.05) is 39.0 Å². The summed E-state index contributed by atoms with van der Waals surface area (Å²) in [5, 5.41) is 3.57. The van der Waals surface area contributed by atoms with E-state index >= 15 is 0 Å². The molecule has 0 bridgehead atoms. The number of aryl methyl sites for hydroxylation is 1. The zero-order valence-electron chi connectivity index (χ0n) is 17.9. The van der Waals surface area contributed by atoms with Gasteiger partial charge in [-0.1, -0.05) is 12.1 Å². The number of hydrogen-bond donors (Lipinski definition) is 1. The van der Waals surface area contributed by atoms with E-state index in [9.17, 15) is 9.59 Å². The van der Waals surface area contributed by atoms with E-state index in [2.05, 4.69) is 16.0 Å². The summed E-state index contributed by atoms with van der Waals surface area (Å²) in [5.41, 5.74) is 1.55. The summed E-state index contributed by atoms with van der Waals surface area (Å²) in [6.45, 7) is 9.36. The minimum Gasteiger partial charge on any atom is -0.444 e. The van der Waals surface area contributed by atoms with Crippen LogP contribution in [0.25, 0.3) is 11.0 Å². The van der Waals surface area contributed by atoms with E-state index in [1.165, 1.54) is 0 Å². The number of rotatable bonds is 6. The first-order valence-corrected chi connectivity index (χ1v) is 10.4. The molecule has 1 fully saturated rings. The Morgan fingerprint density at radius 2 is 1.90 bits per heavy atom. The van der Waals surface area contributed by atoms with E-state index in [0.717, 1.165) is 42.8 Å². The molecular formula is C22H32N4O3. The van der Waals surface area contributed by atoms with Crippen molar-refractivity contribution in [1.29, 1.82) is 0 Å². The highest BCUT2D eigenvalue weighted by Crippen LogP contribution is 2.23. The summed E-state index contributed by atoms with van der Waals surface area (Å²) in [6.07, 6.45) is 2.81. The number of nitrogens with one attached hydrogen (secondary N) is 1. The molecule has 3 rings (SSSR count). The second kappa shape index (κ2) is 8.84. The molecule has 0 aliphatic carbocycles. The third kappa shape index (κ3) is 5.71. The van der Waals surface area contributed by atoms with Gasteiger partial charge < -0.3 is 24.3 Å². The van der Waals surface area contributed by atoms with Crippen molar-refractivity contribution < 1.29 is 14.3 Å². The van der Waals surface area contributed by atoms with Crippen molar-refractivity contribution >= 4 is 28.9 Å². The topological polar surface area (TPSA) is 76.5 Å². The van der Waals surface area contributed by atoms with Crippen molar-refractivity contribution in [1.82, 2.24) is 14.5 Å². The predicted molar refractivity (Wildman–Crippen MR) is 114 cm³/mol. The fourth-order valence-electron chi connectivity index (χ4n) is 3.61. The van der Waals surface area contributed by atoms with Crippen molar-refractivity contribution in [2.75, 3.05) is 18.4 Å². The average Bonchev–Trinajstić information content (AvgIpc) is 2.98. The van der Waals surface area contributed by atoms with Crippen LogP contribution in [0.15, 0.2) is 24.3 Å². The molecule has 7 nitrogen and oxygen atoms in total. The predicted octanol–water partition coefficient (Wildman–Crippen LogP) is 4.22. The van der Waals surface area contributed by atoms with Crippen LogP contribution in [-0.2, 0) is 16.1 Å². The number of carbonyl (C=O) groups is 2. The summed E-state index contributed by atoms with van der Waals surface area (Å²) in [6, 6.07) is 8.31. The number of benzene rings is 1. The molecule has 2 heterocycles. The van der Waals surface area contributed by atoms with Crippen LogP contribution in [0, 0.1) is 0 Å². The van der Waals surface area contributed by atoms with E-state index in [4.69, 9.17) is 9.72 Å². The Morgan fingerprint density at radius 1 is 1.21 bits per heavy atom. The molecule has 1 aromatic heterocycles. The van der Waals surface area contributed by atoms with Crippen LogP contribution in [0.5, 0.6) is 0 Å². The van der Waals surface area contributed by atoms with Gasteiger partial charge in [-0.05, 0) is 59.1 Å². The van der Waals surface area contributed by atoms with Crippen LogP contribution in [0.2, 0.25) is 0 Å².